The Morgan fingerprint density at radius 1 is 1.60 bits per heavy atom. The van der Waals surface area contributed by atoms with Gasteiger partial charge in [-0.15, -0.1) is 11.6 Å². The Bertz CT molecular complexity index is 460. The molecular weight excluding hydrogens is 214 g/mol. The van der Waals surface area contributed by atoms with E-state index in [9.17, 15) is 9.59 Å². The van der Waals surface area contributed by atoms with Gasteiger partial charge in [0.05, 0.1) is 17.5 Å². The number of ketones is 1. The number of Topliss-reactive ketones (excluding diaryl/α,β-unsaturated/α-hetero) is 1. The first kappa shape index (κ1) is 11.4. The van der Waals surface area contributed by atoms with E-state index in [1.807, 2.05) is 6.07 Å². The van der Waals surface area contributed by atoms with Crippen LogP contribution in [0.2, 0.25) is 0 Å². The first-order valence-electron chi connectivity index (χ1n) is 4.23. The van der Waals surface area contributed by atoms with Gasteiger partial charge in [0, 0.05) is 11.1 Å². The lowest BCUT2D eigenvalue weighted by Gasteiger charge is -2.04. The van der Waals surface area contributed by atoms with Crippen molar-refractivity contribution in [3.05, 3.63) is 34.4 Å². The van der Waals surface area contributed by atoms with Crippen molar-refractivity contribution in [3.8, 4) is 6.07 Å². The third-order valence-electron chi connectivity index (χ3n) is 2.08. The highest BCUT2D eigenvalue weighted by atomic mass is 35.5. The second kappa shape index (κ2) is 4.72. The number of nitrogens with zero attached hydrogens (tertiary/aromatic N) is 1. The lowest BCUT2D eigenvalue weighted by atomic mass is 9.98. The summed E-state index contributed by atoms with van der Waals surface area (Å²) in [7, 11) is 0. The molecule has 0 saturated carbocycles. The maximum atomic E-state index is 11.4. The maximum Gasteiger partial charge on any atom is 0.178 e. The van der Waals surface area contributed by atoms with Gasteiger partial charge < -0.3 is 0 Å². The molecule has 0 amide bonds. The Kier molecular flexibility index (Phi) is 3.59. The van der Waals surface area contributed by atoms with E-state index in [1.165, 1.54) is 12.1 Å². The van der Waals surface area contributed by atoms with E-state index < -0.39 is 0 Å². The summed E-state index contributed by atoms with van der Waals surface area (Å²) in [5, 5.41) is 8.82. The molecule has 0 N–H and O–H groups in total. The topological polar surface area (TPSA) is 57.9 Å². The minimum Gasteiger partial charge on any atom is -0.298 e. The van der Waals surface area contributed by atoms with E-state index in [1.54, 1.807) is 6.92 Å². The van der Waals surface area contributed by atoms with Crippen LogP contribution in [0.1, 0.15) is 31.8 Å². The van der Waals surface area contributed by atoms with Gasteiger partial charge in [-0.25, -0.2) is 0 Å². The van der Waals surface area contributed by atoms with Crippen LogP contribution < -0.4 is 0 Å². The fraction of sp³-hybridized carbons (Fsp3) is 0.182. The van der Waals surface area contributed by atoms with Crippen molar-refractivity contribution in [2.75, 3.05) is 5.88 Å². The number of hydrogen-bond acceptors (Lipinski definition) is 3. The summed E-state index contributed by atoms with van der Waals surface area (Å²) in [6, 6.07) is 4.83. The average Bonchev–Trinajstić information content (AvgIpc) is 2.27. The summed E-state index contributed by atoms with van der Waals surface area (Å²) in [6.07, 6.45) is 0.654. The molecular formula is C11H8ClNO2. The minimum atomic E-state index is -0.351. The third kappa shape index (κ3) is 2.23. The van der Waals surface area contributed by atoms with Gasteiger partial charge in [-0.05, 0) is 24.6 Å². The number of halogens is 1. The van der Waals surface area contributed by atoms with Gasteiger partial charge in [0.2, 0.25) is 0 Å². The van der Waals surface area contributed by atoms with E-state index in [4.69, 9.17) is 16.9 Å². The number of alkyl halides is 1. The number of aryl methyl sites for hydroxylation is 1. The lowest BCUT2D eigenvalue weighted by molar-refractivity contribution is 0.102. The van der Waals surface area contributed by atoms with Gasteiger partial charge in [0.15, 0.2) is 5.78 Å². The molecule has 4 heteroatoms. The lowest BCUT2D eigenvalue weighted by Crippen LogP contribution is -2.05. The van der Waals surface area contributed by atoms with E-state index >= 15 is 0 Å². The number of rotatable bonds is 3. The first-order valence-corrected chi connectivity index (χ1v) is 4.76. The quantitative estimate of drug-likeness (QED) is 0.446. The Morgan fingerprint density at radius 3 is 2.73 bits per heavy atom. The van der Waals surface area contributed by atoms with Crippen LogP contribution in [-0.2, 0) is 0 Å². The third-order valence-corrected chi connectivity index (χ3v) is 2.32. The molecule has 0 heterocycles. The second-order valence-corrected chi connectivity index (χ2v) is 3.31. The fourth-order valence-corrected chi connectivity index (χ4v) is 1.39. The van der Waals surface area contributed by atoms with Crippen molar-refractivity contribution in [3.63, 3.8) is 0 Å². The predicted molar refractivity (Wildman–Crippen MR) is 56.3 cm³/mol. The molecule has 15 heavy (non-hydrogen) atoms. The van der Waals surface area contributed by atoms with Crippen LogP contribution in [0.15, 0.2) is 12.1 Å². The molecule has 3 nitrogen and oxygen atoms in total. The van der Waals surface area contributed by atoms with Crippen molar-refractivity contribution in [1.29, 1.82) is 5.26 Å². The van der Waals surface area contributed by atoms with Gasteiger partial charge in [-0.1, -0.05) is 0 Å². The molecule has 0 radical (unpaired) electrons. The summed E-state index contributed by atoms with van der Waals surface area (Å²) in [4.78, 5) is 22.0. The number of aldehydes is 1. The van der Waals surface area contributed by atoms with Crippen LogP contribution in [-0.4, -0.2) is 17.9 Å². The van der Waals surface area contributed by atoms with Crippen molar-refractivity contribution >= 4 is 23.7 Å². The smallest absolute Gasteiger partial charge is 0.178 e. The molecule has 76 valence electrons. The number of carbonyl (C=O) groups is 2. The highest BCUT2D eigenvalue weighted by molar-refractivity contribution is 6.30. The summed E-state index contributed by atoms with van der Waals surface area (Å²) >= 11 is 5.40. The van der Waals surface area contributed by atoms with E-state index in [0.29, 0.717) is 17.4 Å². The SMILES string of the molecule is Cc1cc(C#N)c(C(=O)CCl)cc1C=O. The van der Waals surface area contributed by atoms with Crippen LogP contribution in [0.4, 0.5) is 0 Å². The normalized spacial score (nSPS) is 9.40. The zero-order chi connectivity index (χ0) is 11.4. The van der Waals surface area contributed by atoms with Crippen LogP contribution in [0, 0.1) is 18.3 Å². The molecule has 0 bridgehead atoms. The molecule has 0 unspecified atom stereocenters. The highest BCUT2D eigenvalue weighted by Crippen LogP contribution is 2.16. The van der Waals surface area contributed by atoms with Gasteiger partial charge >= 0.3 is 0 Å². The second-order valence-electron chi connectivity index (χ2n) is 3.04. The average molecular weight is 222 g/mol. The van der Waals surface area contributed by atoms with Gasteiger partial charge in [0.1, 0.15) is 6.29 Å². The molecule has 0 aliphatic carbocycles. The zero-order valence-corrected chi connectivity index (χ0v) is 8.84. The number of benzene rings is 1. The maximum absolute atomic E-state index is 11.4. The fourth-order valence-electron chi connectivity index (χ4n) is 1.25. The molecule has 0 spiro atoms. The van der Waals surface area contributed by atoms with Crippen molar-refractivity contribution in [2.24, 2.45) is 0 Å². The molecule has 0 aromatic heterocycles. The zero-order valence-electron chi connectivity index (χ0n) is 8.08. The van der Waals surface area contributed by atoms with Crippen LogP contribution in [0.25, 0.3) is 0 Å². The Balaban J connectivity index is 3.43. The molecule has 0 saturated heterocycles. The van der Waals surface area contributed by atoms with Crippen LogP contribution >= 0.6 is 11.6 Å². The standard InChI is InChI=1S/C11H8ClNO2/c1-7-2-8(5-13)10(11(15)4-12)3-9(7)6-14/h2-3,6H,4H2,1H3. The van der Waals surface area contributed by atoms with E-state index in [-0.39, 0.29) is 22.8 Å². The number of nitriles is 1. The Labute approximate surface area is 92.3 Å². The molecule has 1 rings (SSSR count). The summed E-state index contributed by atoms with van der Waals surface area (Å²) in [5.74, 6) is -0.549. The van der Waals surface area contributed by atoms with E-state index in [0.717, 1.165) is 0 Å². The Morgan fingerprint density at radius 2 is 2.27 bits per heavy atom. The largest absolute Gasteiger partial charge is 0.298 e. The predicted octanol–water partition coefficient (Wildman–Crippen LogP) is 2.10. The van der Waals surface area contributed by atoms with Crippen molar-refractivity contribution in [1.82, 2.24) is 0 Å². The minimum absolute atomic E-state index is 0.198. The highest BCUT2D eigenvalue weighted by Gasteiger charge is 2.12. The summed E-state index contributed by atoms with van der Waals surface area (Å²) in [5.41, 5.74) is 1.54. The first-order chi connectivity index (χ1) is 7.13. The van der Waals surface area contributed by atoms with Gasteiger partial charge in [-0.3, -0.25) is 9.59 Å². The molecule has 1 aromatic rings. The molecule has 0 atom stereocenters. The monoisotopic (exact) mass is 221 g/mol. The molecule has 0 aliphatic heterocycles. The van der Waals surface area contributed by atoms with E-state index in [2.05, 4.69) is 0 Å². The Hall–Kier alpha value is -1.66. The van der Waals surface area contributed by atoms with Crippen LogP contribution in [0.3, 0.4) is 0 Å². The molecule has 0 aliphatic rings. The molecule has 1 aromatic carbocycles. The molecule has 0 fully saturated rings. The van der Waals surface area contributed by atoms with Gasteiger partial charge in [-0.2, -0.15) is 5.26 Å². The number of carbonyl (C=O) groups excluding carboxylic acids is 2. The van der Waals surface area contributed by atoms with Crippen molar-refractivity contribution < 1.29 is 9.59 Å². The van der Waals surface area contributed by atoms with Crippen molar-refractivity contribution in [2.45, 2.75) is 6.92 Å². The number of hydrogen-bond donors (Lipinski definition) is 0. The van der Waals surface area contributed by atoms with Crippen LogP contribution in [0.5, 0.6) is 0 Å². The summed E-state index contributed by atoms with van der Waals surface area (Å²) < 4.78 is 0. The van der Waals surface area contributed by atoms with Gasteiger partial charge in [0.25, 0.3) is 0 Å². The summed E-state index contributed by atoms with van der Waals surface area (Å²) in [6.45, 7) is 1.71.